The average molecular weight is 237 g/mol. The van der Waals surface area contributed by atoms with Gasteiger partial charge in [0.1, 0.15) is 6.61 Å². The zero-order chi connectivity index (χ0) is 12.4. The Morgan fingerprint density at radius 3 is 2.56 bits per heavy atom. The summed E-state index contributed by atoms with van der Waals surface area (Å²) in [4.78, 5) is 0. The molecule has 0 heterocycles. The van der Waals surface area contributed by atoms with E-state index in [1.807, 2.05) is 6.92 Å². The number of alkyl halides is 3. The lowest BCUT2D eigenvalue weighted by atomic mass is 10.1. The van der Waals surface area contributed by atoms with Crippen LogP contribution in [0.3, 0.4) is 0 Å². The molecule has 0 spiro atoms. The molecular weight excluding hydrogens is 219 g/mol. The van der Waals surface area contributed by atoms with Crippen LogP contribution in [0.5, 0.6) is 0 Å². The van der Waals surface area contributed by atoms with Crippen LogP contribution in [0.2, 0.25) is 0 Å². The van der Waals surface area contributed by atoms with Crippen LogP contribution < -0.4 is 5.32 Å². The van der Waals surface area contributed by atoms with E-state index in [9.17, 15) is 13.2 Å². The molecule has 1 atom stereocenters. The quantitative estimate of drug-likeness (QED) is 0.542. The minimum absolute atomic E-state index is 0.0998. The van der Waals surface area contributed by atoms with Crippen molar-refractivity contribution in [1.29, 1.82) is 0 Å². The summed E-state index contributed by atoms with van der Waals surface area (Å²) in [5, 5.41) is 3.15. The maximum atomic E-state index is 11.8. The van der Waals surface area contributed by atoms with Gasteiger partial charge in [0.05, 0.1) is 0 Å². The van der Waals surface area contributed by atoms with Crippen LogP contribution >= 0.6 is 0 Å². The minimum atomic E-state index is -4.24. The fourth-order valence-electron chi connectivity index (χ4n) is 1.20. The van der Waals surface area contributed by atoms with Gasteiger partial charge in [0.25, 0.3) is 0 Å². The fourth-order valence-corrected chi connectivity index (χ4v) is 1.20. The molecule has 1 N–H and O–H groups in total. The normalized spacial score (nSPS) is 13.1. The maximum Gasteiger partial charge on any atom is 0.411 e. The number of hydrogen-bond donors (Lipinski definition) is 1. The van der Waals surface area contributed by atoms with E-state index in [1.165, 1.54) is 0 Å². The molecule has 0 saturated carbocycles. The number of ether oxygens (including phenoxy) is 1. The summed E-state index contributed by atoms with van der Waals surface area (Å²) in [6.07, 6.45) is -3.06. The number of halogens is 3. The third-order valence-corrected chi connectivity index (χ3v) is 1.89. The maximum absolute atomic E-state index is 11.8. The molecule has 0 aromatic rings. The number of rotatable bonds is 7. The summed E-state index contributed by atoms with van der Waals surface area (Å²) in [5.41, 5.74) is 0. The van der Waals surface area contributed by atoms with Gasteiger partial charge in [-0.05, 0) is 19.9 Å². The Morgan fingerprint density at radius 2 is 2.06 bits per heavy atom. The van der Waals surface area contributed by atoms with Crippen LogP contribution in [0.15, 0.2) is 0 Å². The second-order valence-electron chi connectivity index (χ2n) is 3.34. The van der Waals surface area contributed by atoms with Gasteiger partial charge >= 0.3 is 6.18 Å². The van der Waals surface area contributed by atoms with Crippen molar-refractivity contribution in [3.8, 4) is 11.8 Å². The first-order valence-electron chi connectivity index (χ1n) is 5.27. The highest BCUT2D eigenvalue weighted by Crippen LogP contribution is 2.14. The van der Waals surface area contributed by atoms with Crippen molar-refractivity contribution in [2.24, 2.45) is 0 Å². The van der Waals surface area contributed by atoms with Crippen LogP contribution in [0.1, 0.15) is 26.7 Å². The molecule has 16 heavy (non-hydrogen) atoms. The highest BCUT2D eigenvalue weighted by atomic mass is 19.4. The van der Waals surface area contributed by atoms with Gasteiger partial charge in [0, 0.05) is 19.1 Å². The largest absolute Gasteiger partial charge is 0.411 e. The SMILES string of the molecule is CC#CCC(CCOCC(F)(F)F)NCC. The highest BCUT2D eigenvalue weighted by molar-refractivity contribution is 4.98. The summed E-state index contributed by atoms with van der Waals surface area (Å²) < 4.78 is 39.8. The summed E-state index contributed by atoms with van der Waals surface area (Å²) in [6, 6.07) is 0.102. The molecule has 0 aliphatic rings. The zero-order valence-electron chi connectivity index (χ0n) is 9.66. The van der Waals surface area contributed by atoms with Gasteiger partial charge in [0.2, 0.25) is 0 Å². The summed E-state index contributed by atoms with van der Waals surface area (Å²) in [7, 11) is 0. The molecule has 0 aliphatic carbocycles. The molecule has 5 heteroatoms. The summed E-state index contributed by atoms with van der Waals surface area (Å²) in [5.74, 6) is 5.66. The van der Waals surface area contributed by atoms with E-state index in [1.54, 1.807) is 6.92 Å². The van der Waals surface area contributed by atoms with Gasteiger partial charge in [-0.2, -0.15) is 13.2 Å². The highest BCUT2D eigenvalue weighted by Gasteiger charge is 2.27. The van der Waals surface area contributed by atoms with Gasteiger partial charge < -0.3 is 10.1 Å². The Balaban J connectivity index is 3.70. The van der Waals surface area contributed by atoms with Crippen LogP contribution in [-0.4, -0.2) is 32.0 Å². The van der Waals surface area contributed by atoms with Gasteiger partial charge in [-0.25, -0.2) is 0 Å². The first kappa shape index (κ1) is 15.3. The Bertz CT molecular complexity index is 230. The Hall–Kier alpha value is -0.730. The molecule has 2 nitrogen and oxygen atoms in total. The summed E-state index contributed by atoms with van der Waals surface area (Å²) >= 11 is 0. The first-order chi connectivity index (χ1) is 7.49. The third kappa shape index (κ3) is 9.81. The number of hydrogen-bond acceptors (Lipinski definition) is 2. The fraction of sp³-hybridized carbons (Fsp3) is 0.818. The molecule has 0 radical (unpaired) electrons. The second-order valence-corrected chi connectivity index (χ2v) is 3.34. The standard InChI is InChI=1S/C11H18F3NO/c1-3-5-6-10(15-4-2)7-8-16-9-11(12,13)14/h10,15H,4,6-9H2,1-2H3. The molecule has 0 amide bonds. The topological polar surface area (TPSA) is 21.3 Å². The van der Waals surface area contributed by atoms with E-state index in [0.29, 0.717) is 12.8 Å². The van der Waals surface area contributed by atoms with Crippen molar-refractivity contribution >= 4 is 0 Å². The molecular formula is C11H18F3NO. The van der Waals surface area contributed by atoms with Crippen molar-refractivity contribution < 1.29 is 17.9 Å². The van der Waals surface area contributed by atoms with E-state index in [-0.39, 0.29) is 12.6 Å². The lowest BCUT2D eigenvalue weighted by Crippen LogP contribution is -2.30. The predicted octanol–water partition coefficient (Wildman–Crippen LogP) is 2.35. The van der Waals surface area contributed by atoms with E-state index in [0.717, 1.165) is 6.54 Å². The third-order valence-electron chi connectivity index (χ3n) is 1.89. The molecule has 94 valence electrons. The van der Waals surface area contributed by atoms with Gasteiger partial charge in [-0.1, -0.05) is 6.92 Å². The van der Waals surface area contributed by atoms with Gasteiger partial charge in [-0.15, -0.1) is 11.8 Å². The lowest BCUT2D eigenvalue weighted by Gasteiger charge is -2.15. The van der Waals surface area contributed by atoms with Crippen LogP contribution in [-0.2, 0) is 4.74 Å². The average Bonchev–Trinajstić information content (AvgIpc) is 2.19. The van der Waals surface area contributed by atoms with E-state index in [2.05, 4.69) is 21.9 Å². The Kier molecular flexibility index (Phi) is 8.04. The molecule has 0 saturated heterocycles. The van der Waals surface area contributed by atoms with Crippen molar-refractivity contribution in [2.75, 3.05) is 19.8 Å². The van der Waals surface area contributed by atoms with Crippen molar-refractivity contribution in [2.45, 2.75) is 38.9 Å². The summed E-state index contributed by atoms with van der Waals surface area (Å²) in [6.45, 7) is 3.38. The van der Waals surface area contributed by atoms with E-state index >= 15 is 0 Å². The van der Waals surface area contributed by atoms with Crippen molar-refractivity contribution in [1.82, 2.24) is 5.32 Å². The molecule has 1 unspecified atom stereocenters. The molecule has 0 bridgehead atoms. The van der Waals surface area contributed by atoms with Crippen molar-refractivity contribution in [3.05, 3.63) is 0 Å². The number of nitrogens with one attached hydrogen (secondary N) is 1. The molecule has 0 aromatic heterocycles. The van der Waals surface area contributed by atoms with Crippen LogP contribution in [0, 0.1) is 11.8 Å². The second kappa shape index (κ2) is 8.43. The first-order valence-corrected chi connectivity index (χ1v) is 5.27. The van der Waals surface area contributed by atoms with E-state index < -0.39 is 12.8 Å². The zero-order valence-corrected chi connectivity index (χ0v) is 9.66. The van der Waals surface area contributed by atoms with Crippen molar-refractivity contribution in [3.63, 3.8) is 0 Å². The van der Waals surface area contributed by atoms with Crippen LogP contribution in [0.25, 0.3) is 0 Å². The van der Waals surface area contributed by atoms with Gasteiger partial charge in [-0.3, -0.25) is 0 Å². The van der Waals surface area contributed by atoms with E-state index in [4.69, 9.17) is 0 Å². The predicted molar refractivity (Wildman–Crippen MR) is 57.0 cm³/mol. The minimum Gasteiger partial charge on any atom is -0.372 e. The Labute approximate surface area is 94.5 Å². The molecule has 0 aromatic carbocycles. The van der Waals surface area contributed by atoms with Crippen LogP contribution in [0.4, 0.5) is 13.2 Å². The van der Waals surface area contributed by atoms with Gasteiger partial charge in [0.15, 0.2) is 0 Å². The smallest absolute Gasteiger partial charge is 0.372 e. The lowest BCUT2D eigenvalue weighted by molar-refractivity contribution is -0.174. The Morgan fingerprint density at radius 1 is 1.38 bits per heavy atom. The monoisotopic (exact) mass is 237 g/mol. The molecule has 0 rings (SSSR count). The molecule has 0 fully saturated rings. The molecule has 0 aliphatic heterocycles.